The molecule has 9 amide bonds. The summed E-state index contributed by atoms with van der Waals surface area (Å²) in [6.45, 7) is 7.25. The van der Waals surface area contributed by atoms with Crippen LogP contribution in [0.5, 0.6) is 0 Å². The number of benzene rings is 1. The first-order valence-electron chi connectivity index (χ1n) is 23.3. The van der Waals surface area contributed by atoms with Crippen LogP contribution in [0.4, 0.5) is 0 Å². The summed E-state index contributed by atoms with van der Waals surface area (Å²) in [7, 11) is 0. The van der Waals surface area contributed by atoms with Gasteiger partial charge in [-0.05, 0) is 86.8 Å². The van der Waals surface area contributed by atoms with E-state index in [0.29, 0.717) is 29.2 Å². The number of nitrogens with two attached hydrogens (primary N) is 2. The average Bonchev–Trinajstić information content (AvgIpc) is 4.01. The molecule has 2 aliphatic heterocycles. The second-order valence-corrected chi connectivity index (χ2v) is 20.5. The van der Waals surface area contributed by atoms with Crippen molar-refractivity contribution in [2.75, 3.05) is 24.6 Å². The molecule has 21 nitrogen and oxygen atoms in total. The molecule has 70 heavy (non-hydrogen) atoms. The molecule has 7 atom stereocenters. The fraction of sp³-hybridized carbons (Fsp3) is 0.565. The van der Waals surface area contributed by atoms with Crippen molar-refractivity contribution in [2.24, 2.45) is 17.4 Å². The quantitative estimate of drug-likeness (QED) is 0.0599. The van der Waals surface area contributed by atoms with Crippen molar-refractivity contribution in [1.29, 1.82) is 5.41 Å². The van der Waals surface area contributed by atoms with E-state index in [-0.39, 0.29) is 69.4 Å². The minimum atomic E-state index is -1.61. The highest BCUT2D eigenvalue weighted by Gasteiger charge is 2.40. The van der Waals surface area contributed by atoms with E-state index in [1.54, 1.807) is 64.1 Å². The smallest absolute Gasteiger partial charge is 0.246 e. The number of halogens is 1. The van der Waals surface area contributed by atoms with Gasteiger partial charge in [0, 0.05) is 54.0 Å². The number of primary amides is 1. The molecule has 1 aromatic carbocycles. The number of likely N-dealkylation sites (tertiary alicyclic amines) is 1. The normalized spacial score (nSPS) is 22.7. The molecule has 0 radical (unpaired) electrons. The monoisotopic (exact) mass is 1030 g/mol. The summed E-state index contributed by atoms with van der Waals surface area (Å²) < 4.78 is 0. The Morgan fingerprint density at radius 3 is 2.16 bits per heavy atom. The molecule has 1 aromatic heterocycles. The predicted molar refractivity (Wildman–Crippen MR) is 267 cm³/mol. The zero-order chi connectivity index (χ0) is 51.5. The lowest BCUT2D eigenvalue weighted by Crippen LogP contribution is -2.61. The fourth-order valence-corrected chi connectivity index (χ4v) is 9.70. The van der Waals surface area contributed by atoms with E-state index in [2.05, 4.69) is 42.5 Å². The highest BCUT2D eigenvalue weighted by atomic mass is 35.5. The topological polar surface area (TPSA) is 329 Å². The van der Waals surface area contributed by atoms with Crippen molar-refractivity contribution < 1.29 is 43.2 Å². The first-order chi connectivity index (χ1) is 33.2. The Labute approximate surface area is 421 Å². The van der Waals surface area contributed by atoms with Gasteiger partial charge < -0.3 is 58.9 Å². The van der Waals surface area contributed by atoms with Crippen LogP contribution < -0.4 is 54.0 Å². The third kappa shape index (κ3) is 18.4. The molecule has 24 heteroatoms. The van der Waals surface area contributed by atoms with Gasteiger partial charge >= 0.3 is 0 Å². The number of carbonyl (C=O) groups excluding carboxylic acids is 9. The summed E-state index contributed by atoms with van der Waals surface area (Å²) in [5.41, 5.74) is 11.7. The van der Waals surface area contributed by atoms with Crippen LogP contribution in [-0.2, 0) is 56.0 Å². The van der Waals surface area contributed by atoms with E-state index in [1.165, 1.54) is 28.0 Å². The lowest BCUT2D eigenvalue weighted by Gasteiger charge is -2.31. The molecule has 2 fully saturated rings. The number of guanidine groups is 1. The number of nitrogens with zero attached hydrogens (tertiary/aromatic N) is 1. The van der Waals surface area contributed by atoms with E-state index in [4.69, 9.17) is 28.5 Å². The molecule has 0 spiro atoms. The summed E-state index contributed by atoms with van der Waals surface area (Å²) in [5, 5.41) is 31.5. The number of carbonyl (C=O) groups is 9. The minimum absolute atomic E-state index is 0.0327. The molecule has 13 N–H and O–H groups in total. The van der Waals surface area contributed by atoms with Gasteiger partial charge in [0.2, 0.25) is 53.2 Å². The molecule has 2 aromatic rings. The highest BCUT2D eigenvalue weighted by molar-refractivity contribution is 7.99. The zero-order valence-electron chi connectivity index (χ0n) is 39.9. The summed E-state index contributed by atoms with van der Waals surface area (Å²) in [6, 6.07) is 1.49. The van der Waals surface area contributed by atoms with E-state index < -0.39 is 108 Å². The van der Waals surface area contributed by atoms with E-state index >= 15 is 0 Å². The molecule has 0 saturated carbocycles. The van der Waals surface area contributed by atoms with Crippen LogP contribution in [0, 0.1) is 11.3 Å². The largest absolute Gasteiger partial charge is 0.370 e. The molecule has 4 rings (SSSR count). The molecule has 384 valence electrons. The maximum absolute atomic E-state index is 14.6. The molecule has 2 aliphatic rings. The van der Waals surface area contributed by atoms with E-state index in [1.807, 2.05) is 5.38 Å². The molecule has 2 saturated heterocycles. The number of nitrogens with one attached hydrogen (secondary N) is 9. The second kappa shape index (κ2) is 28.0. The van der Waals surface area contributed by atoms with Crippen molar-refractivity contribution >= 4 is 93.8 Å². The van der Waals surface area contributed by atoms with Gasteiger partial charge in [0.1, 0.15) is 42.3 Å². The van der Waals surface area contributed by atoms with E-state index in [9.17, 15) is 43.2 Å². The van der Waals surface area contributed by atoms with Gasteiger partial charge in [-0.2, -0.15) is 11.8 Å². The first kappa shape index (κ1) is 56.6. The molecule has 0 unspecified atom stereocenters. The van der Waals surface area contributed by atoms with Gasteiger partial charge in [0.15, 0.2) is 5.96 Å². The number of thioether (sulfide) groups is 1. The lowest BCUT2D eigenvalue weighted by atomic mass is 10.0. The number of thiophene rings is 1. The zero-order valence-corrected chi connectivity index (χ0v) is 42.3. The van der Waals surface area contributed by atoms with Crippen molar-refractivity contribution in [2.45, 2.75) is 134 Å². The molecule has 3 heterocycles. The Morgan fingerprint density at radius 2 is 1.51 bits per heavy atom. The Bertz CT molecular complexity index is 2160. The van der Waals surface area contributed by atoms with Crippen LogP contribution in [0.3, 0.4) is 0 Å². The molecule has 0 bridgehead atoms. The van der Waals surface area contributed by atoms with Crippen LogP contribution in [0.1, 0.15) is 83.1 Å². The SMILES string of the molecule is CC(C)NC(=O)[C@@H](CCCNC(=N)N)NC(=O)[C@@H]1CCCN1C(=O)[C@@H]1CSCCCC(=O)N[C@@H](Cc2ccc(Cl)cc2)C(=O)N[C@@H](Cc2cccs2)C(=O)N[C@@H](C(C)C)C(=O)N[C@@H](CC(N)=O)C(=O)N1. The predicted octanol–water partition coefficient (Wildman–Crippen LogP) is -0.0672. The van der Waals surface area contributed by atoms with Gasteiger partial charge in [0.25, 0.3) is 0 Å². The standard InChI is InChI=1S/C46H67ClN12O9S2/c1-25(2)38-44(67)56-33(23-36(48)60)41(64)57-34(45(68)59-18-6-11-35(59)43(66)54-30(39(62)52-26(3)4)10-5-17-51-46(49)50)24-69-19-8-12-37(61)53-31(21-27-13-15-28(47)16-14-27)40(63)55-32(42(65)58-38)22-29-9-7-20-70-29/h7,9,13-16,20,25-26,30-35,38H,5-6,8,10-12,17-19,21-24H2,1-4H3,(H2,48,60)(H,52,62)(H,53,61)(H,54,66)(H,55,63)(H,56,67)(H,57,64)(H,58,65)(H4,49,50,51)/t30-,31+,32+,33+,34+,35+,38+/m1/s1. The number of rotatable bonds is 16. The summed E-state index contributed by atoms with van der Waals surface area (Å²) in [5.74, 6) is -6.85. The third-order valence-corrected chi connectivity index (χ3v) is 13.7. The Kier molecular flexibility index (Phi) is 22.7. The Morgan fingerprint density at radius 1 is 0.843 bits per heavy atom. The third-order valence-electron chi connectivity index (χ3n) is 11.4. The number of hydrogen-bond donors (Lipinski definition) is 11. The molecular weight excluding hydrogens is 964 g/mol. The van der Waals surface area contributed by atoms with Crippen molar-refractivity contribution in [3.05, 3.63) is 57.2 Å². The van der Waals surface area contributed by atoms with Gasteiger partial charge in [-0.25, -0.2) is 0 Å². The maximum Gasteiger partial charge on any atom is 0.246 e. The Balaban J connectivity index is 1.65. The summed E-state index contributed by atoms with van der Waals surface area (Å²) in [4.78, 5) is 126. The van der Waals surface area contributed by atoms with Crippen LogP contribution in [0.25, 0.3) is 0 Å². The lowest BCUT2D eigenvalue weighted by molar-refractivity contribution is -0.142. The van der Waals surface area contributed by atoms with Gasteiger partial charge in [-0.3, -0.25) is 48.6 Å². The van der Waals surface area contributed by atoms with Crippen molar-refractivity contribution in [3.8, 4) is 0 Å². The van der Waals surface area contributed by atoms with Crippen LogP contribution in [-0.4, -0.2) is 137 Å². The maximum atomic E-state index is 14.6. The van der Waals surface area contributed by atoms with Gasteiger partial charge in [0.05, 0.1) is 6.42 Å². The van der Waals surface area contributed by atoms with E-state index in [0.717, 1.165) is 4.88 Å². The average molecular weight is 1030 g/mol. The van der Waals surface area contributed by atoms with Crippen molar-refractivity contribution in [3.63, 3.8) is 0 Å². The van der Waals surface area contributed by atoms with Crippen LogP contribution >= 0.6 is 34.7 Å². The minimum Gasteiger partial charge on any atom is -0.370 e. The van der Waals surface area contributed by atoms with Gasteiger partial charge in [-0.1, -0.05) is 43.6 Å². The Hall–Kier alpha value is -5.94. The van der Waals surface area contributed by atoms with Gasteiger partial charge in [-0.15, -0.1) is 11.3 Å². The summed E-state index contributed by atoms with van der Waals surface area (Å²) in [6.07, 6.45) is 0.895. The number of amides is 9. The fourth-order valence-electron chi connectivity index (χ4n) is 7.84. The van der Waals surface area contributed by atoms with Crippen LogP contribution in [0.15, 0.2) is 41.8 Å². The highest BCUT2D eigenvalue weighted by Crippen LogP contribution is 2.22. The molecule has 0 aliphatic carbocycles. The molecular formula is C46H67ClN12O9S2. The second-order valence-electron chi connectivity index (χ2n) is 17.9. The number of hydrogen-bond acceptors (Lipinski definition) is 12. The summed E-state index contributed by atoms with van der Waals surface area (Å²) >= 11 is 8.71. The van der Waals surface area contributed by atoms with Crippen LogP contribution in [0.2, 0.25) is 5.02 Å². The first-order valence-corrected chi connectivity index (χ1v) is 25.8. The van der Waals surface area contributed by atoms with Crippen molar-refractivity contribution in [1.82, 2.24) is 47.4 Å².